The summed E-state index contributed by atoms with van der Waals surface area (Å²) in [6.45, 7) is 125. The normalized spacial score (nSPS) is 16.3. The summed E-state index contributed by atoms with van der Waals surface area (Å²) in [5, 5.41) is 0. The molecule has 0 fully saturated rings. The monoisotopic (exact) mass is 2160 g/mol. The zero-order chi connectivity index (χ0) is 94.3. The first kappa shape index (κ1) is 122. The Balaban J connectivity index is 5.95. The predicted molar refractivity (Wildman–Crippen MR) is 549 cm³/mol. The highest BCUT2D eigenvalue weighted by atomic mass is 28.6. The van der Waals surface area contributed by atoms with Crippen LogP contribution in [0.2, 0.25) is 393 Å². The minimum atomic E-state index is -2.93. The van der Waals surface area contributed by atoms with E-state index in [1.807, 2.05) is 0 Å². The maximum absolute atomic E-state index is 7.02. The zero-order valence-corrected chi connectivity index (χ0v) is 115. The maximum atomic E-state index is 7.02. The molecule has 0 rings (SSSR count). The van der Waals surface area contributed by atoms with Crippen LogP contribution in [0.3, 0.4) is 0 Å². The Bertz CT molecular complexity index is 2890. The first-order chi connectivity index (χ1) is 49.8. The summed E-state index contributed by atoms with van der Waals surface area (Å²) >= 11 is 0. The van der Waals surface area contributed by atoms with Crippen molar-refractivity contribution in [3.05, 3.63) is 0 Å². The van der Waals surface area contributed by atoms with Crippen LogP contribution in [0, 0.1) is 0 Å². The molecule has 0 aromatic rings. The van der Waals surface area contributed by atoms with Gasteiger partial charge < -0.3 is 115 Å². The summed E-state index contributed by atoms with van der Waals surface area (Å²) in [6.07, 6.45) is 0. The maximum Gasteiger partial charge on any atom is 0.314 e. The van der Waals surface area contributed by atoms with Crippen molar-refractivity contribution in [2.75, 3.05) is 0 Å². The summed E-state index contributed by atoms with van der Waals surface area (Å²) in [7, 11) is -79.9. The molecule has 0 spiro atoms. The molecule has 0 bridgehead atoms. The smallest absolute Gasteiger partial charge is 0.314 e. The summed E-state index contributed by atoms with van der Waals surface area (Å²) in [6, 6.07) is 0. The van der Waals surface area contributed by atoms with Crippen molar-refractivity contribution in [2.24, 2.45) is 0 Å². The average molecular weight is 2160 g/mol. The van der Waals surface area contributed by atoms with E-state index in [1.165, 1.54) is 0 Å². The lowest BCUT2D eigenvalue weighted by molar-refractivity contribution is 0.243. The molecule has 0 aliphatic carbocycles. The quantitative estimate of drug-likeness (QED) is 0.0513. The Labute approximate surface area is 748 Å². The highest BCUT2D eigenvalue weighted by Crippen LogP contribution is 2.38. The van der Waals surface area contributed by atoms with Gasteiger partial charge in [-0.3, -0.25) is 0 Å². The number of hydrogen-bond donors (Lipinski definition) is 0. The lowest BCUT2D eigenvalue weighted by Gasteiger charge is -2.45. The second-order valence-electron chi connectivity index (χ2n) is 44.9. The van der Waals surface area contributed by atoms with E-state index in [2.05, 4.69) is 393 Å². The van der Waals surface area contributed by atoms with Crippen molar-refractivity contribution in [1.29, 1.82) is 0 Å². The molecule has 0 aromatic carbocycles. The van der Waals surface area contributed by atoms with Crippen LogP contribution in [-0.4, -0.2) is 248 Å². The third kappa shape index (κ3) is 57.4. The Kier molecular flexibility index (Phi) is 42.6. The van der Waals surface area contributed by atoms with E-state index >= 15 is 0 Å². The molecule has 0 amide bonds. The van der Waals surface area contributed by atoms with Gasteiger partial charge in [-0.1, -0.05) is 0 Å². The van der Waals surface area contributed by atoms with Gasteiger partial charge >= 0.3 is 231 Å². The zero-order valence-electron chi connectivity index (χ0n) is 85.9. The van der Waals surface area contributed by atoms with Crippen LogP contribution in [-0.2, 0) is 115 Å². The summed E-state index contributed by atoms with van der Waals surface area (Å²) in [4.78, 5) is 0. The van der Waals surface area contributed by atoms with E-state index < -0.39 is 248 Å². The van der Waals surface area contributed by atoms with E-state index in [4.69, 9.17) is 115 Å². The standard InChI is InChI=1S/C60H180O28Si29/c1-89(2,3)61-91(7,8)63-93(11,12)65-95(15,16)67-97(19,20)69-99(23,24)71-101(27,28)73-103(31,32)75-105(35,36)77-107(39,40)79-109(43,44)81-111(47,48)83-113(51,52)85-115(55,56)87-117(59,60)88-116(57,58)86-114(53,54)84-112(49,50)82-110(45,46)80-108(41,42)78-106(37,38)76-104(33,34)74-102(29,30)72-100(25,26)70-98(21,22)68-96(17,18)66-94(13,14)64-92(9,10)62-90(4,5)6/h1-60H3. The fourth-order valence-electron chi connectivity index (χ4n) is 17.4. The molecular weight excluding hydrogens is 1980 g/mol. The van der Waals surface area contributed by atoms with Gasteiger partial charge in [0.25, 0.3) is 0 Å². The van der Waals surface area contributed by atoms with E-state index in [9.17, 15) is 0 Å². The Morgan fingerprint density at radius 1 is 0.0598 bits per heavy atom. The third-order valence-corrected chi connectivity index (χ3v) is 125. The van der Waals surface area contributed by atoms with Crippen molar-refractivity contribution >= 4 is 248 Å². The van der Waals surface area contributed by atoms with Crippen molar-refractivity contribution in [2.45, 2.75) is 393 Å². The molecule has 0 aliphatic rings. The third-order valence-electron chi connectivity index (χ3n) is 13.9. The molecule has 0 saturated heterocycles. The molecule has 0 atom stereocenters. The lowest BCUT2D eigenvalue weighted by Crippen LogP contribution is -2.63. The first-order valence-corrected chi connectivity index (χ1v) is 124. The summed E-state index contributed by atoms with van der Waals surface area (Å²) in [5.41, 5.74) is 0. The summed E-state index contributed by atoms with van der Waals surface area (Å²) < 4.78 is 193. The fourth-order valence-corrected chi connectivity index (χ4v) is 167. The Hall–Kier alpha value is 5.17. The second kappa shape index (κ2) is 40.8. The molecule has 0 aliphatic heterocycles. The minimum Gasteiger partial charge on any atom is -0.437 e. The van der Waals surface area contributed by atoms with E-state index in [0.29, 0.717) is 0 Å². The van der Waals surface area contributed by atoms with Gasteiger partial charge in [0.05, 0.1) is 0 Å². The van der Waals surface area contributed by atoms with Crippen LogP contribution in [0.25, 0.3) is 0 Å². The molecule has 704 valence electrons. The van der Waals surface area contributed by atoms with Gasteiger partial charge in [-0.05, 0) is 393 Å². The first-order valence-electron chi connectivity index (χ1n) is 41.4. The van der Waals surface area contributed by atoms with Crippen molar-refractivity contribution < 1.29 is 115 Å². The van der Waals surface area contributed by atoms with Gasteiger partial charge in [-0.25, -0.2) is 0 Å². The minimum absolute atomic E-state index is 1.81. The molecule has 0 unspecified atom stereocenters. The van der Waals surface area contributed by atoms with Crippen molar-refractivity contribution in [3.63, 3.8) is 0 Å². The van der Waals surface area contributed by atoms with Crippen LogP contribution < -0.4 is 0 Å². The van der Waals surface area contributed by atoms with E-state index in [-0.39, 0.29) is 0 Å². The summed E-state index contributed by atoms with van der Waals surface area (Å²) in [5.74, 6) is 0. The Morgan fingerprint density at radius 3 is 0.128 bits per heavy atom. The molecule has 0 saturated carbocycles. The molecule has 0 radical (unpaired) electrons. The lowest BCUT2D eigenvalue weighted by atomic mass is 11.8. The SMILES string of the molecule is C[Si](C)(C)O[Si](C)(C)O[Si](C)(C)O[Si](C)(C)O[Si](C)(C)O[Si](C)(C)O[Si](C)(C)O[Si](C)(C)O[Si](C)(C)O[Si](C)(C)O[Si](C)(C)O[Si](C)(C)O[Si](C)(C)O[Si](C)(C)O[Si](C)(C)O[Si](C)(C)O[Si](C)(C)O[Si](C)(C)O[Si](C)(C)O[Si](C)(C)O[Si](C)(C)O[Si](C)(C)O[Si](C)(C)O[Si](C)(C)O[Si](C)(C)O[Si](C)(C)O[Si](C)(C)O[Si](C)(C)O[Si](C)(C)C. The van der Waals surface area contributed by atoms with Crippen molar-refractivity contribution in [1.82, 2.24) is 0 Å². The highest BCUT2D eigenvalue weighted by Gasteiger charge is 2.58. The van der Waals surface area contributed by atoms with Gasteiger partial charge in [0.15, 0.2) is 16.6 Å². The molecule has 0 heterocycles. The molecule has 0 N–H and O–H groups in total. The van der Waals surface area contributed by atoms with Crippen LogP contribution in [0.1, 0.15) is 0 Å². The molecule has 117 heavy (non-hydrogen) atoms. The van der Waals surface area contributed by atoms with Gasteiger partial charge in [0.1, 0.15) is 0 Å². The molecular formula is C60H180O28Si29. The predicted octanol–water partition coefficient (Wildman–Crippen LogP) is 22.1. The topological polar surface area (TPSA) is 258 Å². The van der Waals surface area contributed by atoms with E-state index in [1.54, 1.807) is 0 Å². The van der Waals surface area contributed by atoms with Crippen molar-refractivity contribution in [3.8, 4) is 0 Å². The van der Waals surface area contributed by atoms with Crippen LogP contribution in [0.4, 0.5) is 0 Å². The number of rotatable bonds is 56. The molecule has 0 aromatic heterocycles. The highest BCUT2D eigenvalue weighted by molar-refractivity contribution is 6.99. The average Bonchev–Trinajstić information content (AvgIpc) is 0.802. The van der Waals surface area contributed by atoms with Gasteiger partial charge in [-0.2, -0.15) is 0 Å². The number of hydrogen-bond acceptors (Lipinski definition) is 28. The Morgan fingerprint density at radius 2 is 0.0940 bits per heavy atom. The van der Waals surface area contributed by atoms with E-state index in [0.717, 1.165) is 0 Å². The van der Waals surface area contributed by atoms with Crippen LogP contribution >= 0.6 is 0 Å². The molecule has 57 heteroatoms. The van der Waals surface area contributed by atoms with Gasteiger partial charge in [0.2, 0.25) is 0 Å². The van der Waals surface area contributed by atoms with Gasteiger partial charge in [0, 0.05) is 0 Å². The largest absolute Gasteiger partial charge is 0.437 e. The van der Waals surface area contributed by atoms with Gasteiger partial charge in [-0.15, -0.1) is 0 Å². The van der Waals surface area contributed by atoms with Crippen LogP contribution in [0.15, 0.2) is 0 Å². The molecule has 28 nitrogen and oxygen atoms in total. The second-order valence-corrected chi connectivity index (χ2v) is 152. The fraction of sp³-hybridized carbons (Fsp3) is 1.00. The van der Waals surface area contributed by atoms with Crippen LogP contribution in [0.5, 0.6) is 0 Å².